The number of carbonyl (C=O) groups is 1. The third-order valence-electron chi connectivity index (χ3n) is 4.57. The molecule has 0 bridgehead atoms. The Morgan fingerprint density at radius 2 is 1.85 bits per heavy atom. The Balaban J connectivity index is 1.53. The van der Waals surface area contributed by atoms with Crippen LogP contribution < -0.4 is 19.5 Å². The van der Waals surface area contributed by atoms with Gasteiger partial charge >= 0.3 is 6.03 Å². The fraction of sp³-hybridized carbons (Fsp3) is 0.400. The van der Waals surface area contributed by atoms with E-state index in [9.17, 15) is 4.79 Å². The molecule has 2 heterocycles. The summed E-state index contributed by atoms with van der Waals surface area (Å²) >= 11 is 0. The zero-order chi connectivity index (χ0) is 19.2. The van der Waals surface area contributed by atoms with Crippen molar-refractivity contribution in [1.82, 2.24) is 9.88 Å². The van der Waals surface area contributed by atoms with Gasteiger partial charge in [0.05, 0.1) is 26.1 Å². The highest BCUT2D eigenvalue weighted by atomic mass is 16.5. The maximum atomic E-state index is 12.6. The largest absolute Gasteiger partial charge is 0.497 e. The highest BCUT2D eigenvalue weighted by molar-refractivity contribution is 5.91. The number of aromatic nitrogens is 1. The van der Waals surface area contributed by atoms with Gasteiger partial charge in [-0.2, -0.15) is 0 Å². The van der Waals surface area contributed by atoms with E-state index in [1.165, 1.54) is 0 Å². The molecule has 1 N–H and O–H groups in total. The van der Waals surface area contributed by atoms with Gasteiger partial charge in [-0.05, 0) is 31.2 Å². The van der Waals surface area contributed by atoms with Crippen LogP contribution in [0.15, 0.2) is 36.5 Å². The van der Waals surface area contributed by atoms with Crippen LogP contribution in [-0.4, -0.2) is 49.3 Å². The number of benzene rings is 1. The van der Waals surface area contributed by atoms with Crippen molar-refractivity contribution in [3.63, 3.8) is 0 Å². The Hall–Kier alpha value is -2.96. The van der Waals surface area contributed by atoms with Gasteiger partial charge in [0, 0.05) is 37.7 Å². The fourth-order valence-electron chi connectivity index (χ4n) is 2.99. The van der Waals surface area contributed by atoms with E-state index in [1.807, 2.05) is 19.1 Å². The molecule has 0 radical (unpaired) electrons. The van der Waals surface area contributed by atoms with Gasteiger partial charge in [0.1, 0.15) is 23.4 Å². The van der Waals surface area contributed by atoms with E-state index in [0.29, 0.717) is 30.3 Å². The minimum Gasteiger partial charge on any atom is -0.497 e. The number of anilines is 1. The second kappa shape index (κ2) is 8.62. The van der Waals surface area contributed by atoms with E-state index >= 15 is 0 Å². The van der Waals surface area contributed by atoms with Crippen LogP contribution in [0.5, 0.6) is 17.2 Å². The molecule has 3 rings (SSSR count). The van der Waals surface area contributed by atoms with Crippen LogP contribution in [0.3, 0.4) is 0 Å². The predicted octanol–water partition coefficient (Wildman–Crippen LogP) is 3.48. The summed E-state index contributed by atoms with van der Waals surface area (Å²) in [5.41, 5.74) is 1.58. The molecule has 144 valence electrons. The number of urea groups is 1. The number of pyridine rings is 1. The molecule has 1 saturated heterocycles. The summed E-state index contributed by atoms with van der Waals surface area (Å²) in [5, 5.41) is 2.91. The summed E-state index contributed by atoms with van der Waals surface area (Å²) in [6, 6.07) is 9.01. The van der Waals surface area contributed by atoms with E-state index in [2.05, 4.69) is 10.3 Å². The predicted molar refractivity (Wildman–Crippen MR) is 103 cm³/mol. The van der Waals surface area contributed by atoms with Crippen molar-refractivity contribution < 1.29 is 19.0 Å². The smallest absolute Gasteiger partial charge is 0.321 e. The first kappa shape index (κ1) is 18.8. The molecule has 7 nitrogen and oxygen atoms in total. The van der Waals surface area contributed by atoms with Gasteiger partial charge in [0.2, 0.25) is 0 Å². The summed E-state index contributed by atoms with van der Waals surface area (Å²) in [4.78, 5) is 18.6. The first-order valence-corrected chi connectivity index (χ1v) is 8.96. The Labute approximate surface area is 159 Å². The molecule has 0 aliphatic carbocycles. The maximum Gasteiger partial charge on any atom is 0.321 e. The Morgan fingerprint density at radius 3 is 2.48 bits per heavy atom. The van der Waals surface area contributed by atoms with Gasteiger partial charge in [-0.15, -0.1) is 0 Å². The van der Waals surface area contributed by atoms with Crippen molar-refractivity contribution >= 4 is 11.7 Å². The number of ether oxygens (including phenoxy) is 3. The summed E-state index contributed by atoms with van der Waals surface area (Å²) in [6.45, 7) is 3.21. The van der Waals surface area contributed by atoms with Gasteiger partial charge in [0.25, 0.3) is 0 Å². The van der Waals surface area contributed by atoms with Gasteiger partial charge in [-0.1, -0.05) is 0 Å². The van der Waals surface area contributed by atoms with Crippen LogP contribution in [-0.2, 0) is 0 Å². The average Bonchev–Trinajstić information content (AvgIpc) is 2.70. The summed E-state index contributed by atoms with van der Waals surface area (Å²) in [6.07, 6.45) is 3.39. The minimum absolute atomic E-state index is 0.0917. The zero-order valence-corrected chi connectivity index (χ0v) is 15.9. The molecule has 27 heavy (non-hydrogen) atoms. The lowest BCUT2D eigenvalue weighted by molar-refractivity contribution is 0.115. The minimum atomic E-state index is -0.145. The first-order chi connectivity index (χ1) is 13.1. The van der Waals surface area contributed by atoms with Crippen LogP contribution in [0.25, 0.3) is 0 Å². The summed E-state index contributed by atoms with van der Waals surface area (Å²) < 4.78 is 16.5. The molecule has 0 spiro atoms. The molecule has 0 saturated carbocycles. The van der Waals surface area contributed by atoms with Crippen molar-refractivity contribution in [3.8, 4) is 17.2 Å². The van der Waals surface area contributed by atoms with Gasteiger partial charge in [-0.3, -0.25) is 4.98 Å². The second-order valence-corrected chi connectivity index (χ2v) is 6.44. The quantitative estimate of drug-likeness (QED) is 0.871. The number of nitrogens with zero attached hydrogens (tertiary/aromatic N) is 2. The number of likely N-dealkylation sites (tertiary alicyclic amines) is 1. The maximum absolute atomic E-state index is 12.6. The second-order valence-electron chi connectivity index (χ2n) is 6.44. The van der Waals surface area contributed by atoms with Crippen molar-refractivity contribution in [2.24, 2.45) is 0 Å². The summed E-state index contributed by atoms with van der Waals surface area (Å²) in [7, 11) is 3.15. The molecule has 0 atom stereocenters. The van der Waals surface area contributed by atoms with E-state index in [1.54, 1.807) is 43.5 Å². The standard InChI is InChI=1S/C20H25N3O4/c1-14-4-5-17(13-21-14)27-15-8-10-23(11-9-15)20(24)22-18-7-6-16(25-2)12-19(18)26-3/h4-7,12-13,15H,8-11H2,1-3H3,(H,22,24). The topological polar surface area (TPSA) is 72.9 Å². The average molecular weight is 371 g/mol. The molecule has 2 amide bonds. The normalized spacial score (nSPS) is 14.6. The lowest BCUT2D eigenvalue weighted by atomic mass is 10.1. The molecule has 1 aromatic heterocycles. The molecule has 1 aliphatic heterocycles. The fourth-order valence-corrected chi connectivity index (χ4v) is 2.99. The number of piperidine rings is 1. The molecule has 7 heteroatoms. The lowest BCUT2D eigenvalue weighted by Crippen LogP contribution is -2.43. The highest BCUT2D eigenvalue weighted by Crippen LogP contribution is 2.29. The number of amides is 2. The number of carbonyl (C=O) groups excluding carboxylic acids is 1. The van der Waals surface area contributed by atoms with E-state index in [4.69, 9.17) is 14.2 Å². The molecular formula is C20H25N3O4. The number of methoxy groups -OCH3 is 2. The van der Waals surface area contributed by atoms with Crippen molar-refractivity contribution in [2.45, 2.75) is 25.9 Å². The van der Waals surface area contributed by atoms with E-state index in [0.717, 1.165) is 24.3 Å². The van der Waals surface area contributed by atoms with E-state index in [-0.39, 0.29) is 12.1 Å². The zero-order valence-electron chi connectivity index (χ0n) is 15.9. The monoisotopic (exact) mass is 371 g/mol. The molecule has 2 aromatic rings. The number of hydrogen-bond donors (Lipinski definition) is 1. The van der Waals surface area contributed by atoms with Crippen LogP contribution in [0.4, 0.5) is 10.5 Å². The molecule has 1 aromatic carbocycles. The highest BCUT2D eigenvalue weighted by Gasteiger charge is 2.24. The van der Waals surface area contributed by atoms with Crippen molar-refractivity contribution in [2.75, 3.05) is 32.6 Å². The Morgan fingerprint density at radius 1 is 1.11 bits per heavy atom. The number of rotatable bonds is 5. The van der Waals surface area contributed by atoms with Gasteiger partial charge in [-0.25, -0.2) is 4.79 Å². The molecule has 1 aliphatic rings. The van der Waals surface area contributed by atoms with Crippen molar-refractivity contribution in [3.05, 3.63) is 42.2 Å². The SMILES string of the molecule is COc1ccc(NC(=O)N2CCC(Oc3ccc(C)nc3)CC2)c(OC)c1. The third kappa shape index (κ3) is 4.81. The lowest BCUT2D eigenvalue weighted by Gasteiger charge is -2.32. The number of aryl methyl sites for hydroxylation is 1. The van der Waals surface area contributed by atoms with Crippen LogP contribution in [0.2, 0.25) is 0 Å². The van der Waals surface area contributed by atoms with Crippen molar-refractivity contribution in [1.29, 1.82) is 0 Å². The number of nitrogens with one attached hydrogen (secondary N) is 1. The number of hydrogen-bond acceptors (Lipinski definition) is 5. The molecule has 1 fully saturated rings. The van der Waals surface area contributed by atoms with Crippen LogP contribution in [0, 0.1) is 6.92 Å². The molecule has 0 unspecified atom stereocenters. The van der Waals surface area contributed by atoms with E-state index < -0.39 is 0 Å². The molecular weight excluding hydrogens is 346 g/mol. The van der Waals surface area contributed by atoms with Crippen LogP contribution in [0.1, 0.15) is 18.5 Å². The summed E-state index contributed by atoms with van der Waals surface area (Å²) in [5.74, 6) is 2.01. The third-order valence-corrected chi connectivity index (χ3v) is 4.57. The van der Waals surface area contributed by atoms with Gasteiger partial charge in [0.15, 0.2) is 0 Å². The van der Waals surface area contributed by atoms with Crippen LogP contribution >= 0.6 is 0 Å². The van der Waals surface area contributed by atoms with Gasteiger partial charge < -0.3 is 24.4 Å². The Bertz CT molecular complexity index is 771. The Kier molecular flexibility index (Phi) is 6.01. The first-order valence-electron chi connectivity index (χ1n) is 8.96.